The third-order valence-corrected chi connectivity index (χ3v) is 8.04. The Labute approximate surface area is 225 Å². The maximum atomic E-state index is 13.2. The SMILES string of the molecule is Cc1ncc(Cl)cc1N[C@@H](C)c1ccc(C(=O)N[C@H](CC2CCCC2)C(=O)Nc2ccnc(Cl)c2)s1. The molecular weight excluding hydrogens is 517 g/mol. The first kappa shape index (κ1) is 26.4. The molecule has 3 heterocycles. The molecule has 0 saturated heterocycles. The summed E-state index contributed by atoms with van der Waals surface area (Å²) < 4.78 is 0. The van der Waals surface area contributed by atoms with Crippen LogP contribution in [-0.2, 0) is 4.79 Å². The van der Waals surface area contributed by atoms with Crippen LogP contribution in [0.5, 0.6) is 0 Å². The van der Waals surface area contributed by atoms with Gasteiger partial charge in [0.2, 0.25) is 5.91 Å². The van der Waals surface area contributed by atoms with E-state index < -0.39 is 6.04 Å². The van der Waals surface area contributed by atoms with Crippen LogP contribution in [0.15, 0.2) is 42.7 Å². The lowest BCUT2D eigenvalue weighted by Crippen LogP contribution is -2.44. The van der Waals surface area contributed by atoms with Gasteiger partial charge >= 0.3 is 0 Å². The summed E-state index contributed by atoms with van der Waals surface area (Å²) in [5.41, 5.74) is 2.24. The highest BCUT2D eigenvalue weighted by atomic mass is 35.5. The van der Waals surface area contributed by atoms with Crippen LogP contribution in [0, 0.1) is 12.8 Å². The van der Waals surface area contributed by atoms with Crippen molar-refractivity contribution >= 4 is 57.7 Å². The van der Waals surface area contributed by atoms with Crippen LogP contribution < -0.4 is 16.0 Å². The Kier molecular flexibility index (Phi) is 8.82. The zero-order valence-corrected chi connectivity index (χ0v) is 22.5. The molecule has 1 fully saturated rings. The minimum atomic E-state index is -0.645. The standard InChI is InChI=1S/C26H29Cl2N5O2S/c1-15-20(12-18(27)14-30-15)31-16(2)22-7-8-23(36-22)26(35)33-21(11-17-5-3-4-6-17)25(34)32-19-9-10-29-24(28)13-19/h7-10,12-14,16-17,21,31H,3-6,11H2,1-2H3,(H,33,35)(H,29,32,34)/t16-,21+/m0/s1. The minimum absolute atomic E-state index is 0.0514. The smallest absolute Gasteiger partial charge is 0.262 e. The topological polar surface area (TPSA) is 96.0 Å². The van der Waals surface area contributed by atoms with Crippen LogP contribution in [0.25, 0.3) is 0 Å². The molecule has 10 heteroatoms. The number of hydrogen-bond acceptors (Lipinski definition) is 6. The summed E-state index contributed by atoms with van der Waals surface area (Å²) in [6.45, 7) is 3.93. The molecular formula is C26H29Cl2N5O2S. The second-order valence-electron chi connectivity index (χ2n) is 9.12. The lowest BCUT2D eigenvalue weighted by Gasteiger charge is -2.21. The van der Waals surface area contributed by atoms with E-state index in [1.165, 1.54) is 17.5 Å². The predicted molar refractivity (Wildman–Crippen MR) is 146 cm³/mol. The van der Waals surface area contributed by atoms with Crippen LogP contribution in [-0.4, -0.2) is 27.8 Å². The molecule has 3 aromatic rings. The van der Waals surface area contributed by atoms with Gasteiger partial charge in [-0.25, -0.2) is 4.98 Å². The fraction of sp³-hybridized carbons (Fsp3) is 0.385. The summed E-state index contributed by atoms with van der Waals surface area (Å²) in [6.07, 6.45) is 8.22. The Morgan fingerprint density at radius 3 is 2.67 bits per heavy atom. The van der Waals surface area contributed by atoms with Crippen molar-refractivity contribution in [2.45, 2.75) is 58.0 Å². The van der Waals surface area contributed by atoms with E-state index in [9.17, 15) is 9.59 Å². The Morgan fingerprint density at radius 2 is 1.92 bits per heavy atom. The zero-order chi connectivity index (χ0) is 25.7. The van der Waals surface area contributed by atoms with Crippen LogP contribution in [0.3, 0.4) is 0 Å². The van der Waals surface area contributed by atoms with Gasteiger partial charge < -0.3 is 16.0 Å². The number of rotatable bonds is 9. The fourth-order valence-electron chi connectivity index (χ4n) is 4.42. The summed E-state index contributed by atoms with van der Waals surface area (Å²) in [6, 6.07) is 8.13. The first-order valence-electron chi connectivity index (χ1n) is 12.0. The number of nitrogens with one attached hydrogen (secondary N) is 3. The highest BCUT2D eigenvalue weighted by Gasteiger charge is 2.28. The molecule has 3 N–H and O–H groups in total. The quantitative estimate of drug-likeness (QED) is 0.262. The second kappa shape index (κ2) is 12.0. The third kappa shape index (κ3) is 6.96. The molecule has 2 atom stereocenters. The van der Waals surface area contributed by atoms with E-state index in [1.54, 1.807) is 24.4 Å². The van der Waals surface area contributed by atoms with Crippen molar-refractivity contribution in [3.63, 3.8) is 0 Å². The molecule has 0 aromatic carbocycles. The van der Waals surface area contributed by atoms with E-state index in [2.05, 4.69) is 25.9 Å². The van der Waals surface area contributed by atoms with E-state index >= 15 is 0 Å². The number of amides is 2. The van der Waals surface area contributed by atoms with Gasteiger partial charge in [-0.3, -0.25) is 14.6 Å². The lowest BCUT2D eigenvalue weighted by molar-refractivity contribution is -0.118. The normalized spacial score (nSPS) is 15.3. The van der Waals surface area contributed by atoms with Gasteiger partial charge in [-0.1, -0.05) is 48.9 Å². The molecule has 1 aliphatic rings. The lowest BCUT2D eigenvalue weighted by atomic mass is 9.97. The molecule has 0 bridgehead atoms. The van der Waals surface area contributed by atoms with Crippen LogP contribution in [0.2, 0.25) is 10.2 Å². The number of carbonyl (C=O) groups excluding carboxylic acids is 2. The Morgan fingerprint density at radius 1 is 1.14 bits per heavy atom. The van der Waals surface area contributed by atoms with Crippen LogP contribution in [0.4, 0.5) is 11.4 Å². The fourth-order valence-corrected chi connectivity index (χ4v) is 5.66. The average Bonchev–Trinajstić information content (AvgIpc) is 3.53. The van der Waals surface area contributed by atoms with E-state index in [-0.39, 0.29) is 17.9 Å². The van der Waals surface area contributed by atoms with Gasteiger partial charge in [0.15, 0.2) is 0 Å². The molecule has 36 heavy (non-hydrogen) atoms. The number of thiophene rings is 1. The van der Waals surface area contributed by atoms with Crippen molar-refractivity contribution < 1.29 is 9.59 Å². The molecule has 7 nitrogen and oxygen atoms in total. The zero-order valence-electron chi connectivity index (χ0n) is 20.2. The number of pyridine rings is 2. The third-order valence-electron chi connectivity index (χ3n) is 6.36. The molecule has 0 radical (unpaired) electrons. The van der Waals surface area contributed by atoms with Crippen molar-refractivity contribution in [2.24, 2.45) is 5.92 Å². The number of aromatic nitrogens is 2. The van der Waals surface area contributed by atoms with E-state index in [1.807, 2.05) is 26.0 Å². The van der Waals surface area contributed by atoms with Gasteiger partial charge in [0.25, 0.3) is 5.91 Å². The number of halogens is 2. The van der Waals surface area contributed by atoms with Gasteiger partial charge in [0.05, 0.1) is 27.3 Å². The summed E-state index contributed by atoms with van der Waals surface area (Å²) in [5, 5.41) is 10.1. The van der Waals surface area contributed by atoms with E-state index in [0.717, 1.165) is 41.9 Å². The Hall–Kier alpha value is -2.68. The van der Waals surface area contributed by atoms with Crippen molar-refractivity contribution in [3.8, 4) is 0 Å². The summed E-state index contributed by atoms with van der Waals surface area (Å²) in [4.78, 5) is 36.1. The van der Waals surface area contributed by atoms with Crippen molar-refractivity contribution in [1.82, 2.24) is 15.3 Å². The minimum Gasteiger partial charge on any atom is -0.376 e. The van der Waals surface area contributed by atoms with E-state index in [4.69, 9.17) is 23.2 Å². The van der Waals surface area contributed by atoms with Crippen LogP contribution >= 0.6 is 34.5 Å². The molecule has 190 valence electrons. The number of hydrogen-bond donors (Lipinski definition) is 3. The molecule has 0 spiro atoms. The molecule has 0 unspecified atom stereocenters. The molecule has 3 aromatic heterocycles. The first-order chi connectivity index (χ1) is 17.3. The number of nitrogens with zero attached hydrogens (tertiary/aromatic N) is 2. The monoisotopic (exact) mass is 545 g/mol. The molecule has 2 amide bonds. The van der Waals surface area contributed by atoms with Gasteiger partial charge in [-0.05, 0) is 56.5 Å². The maximum absolute atomic E-state index is 13.2. The summed E-state index contributed by atoms with van der Waals surface area (Å²) >= 11 is 13.4. The maximum Gasteiger partial charge on any atom is 0.262 e. The molecule has 4 rings (SSSR count). The Bertz CT molecular complexity index is 1230. The molecule has 1 aliphatic carbocycles. The highest BCUT2D eigenvalue weighted by molar-refractivity contribution is 7.14. The Balaban J connectivity index is 1.44. The summed E-state index contributed by atoms with van der Waals surface area (Å²) in [5.74, 6) is -0.0991. The molecule has 0 aliphatic heterocycles. The first-order valence-corrected chi connectivity index (χ1v) is 13.6. The van der Waals surface area contributed by atoms with Gasteiger partial charge in [0, 0.05) is 23.0 Å². The molecule has 1 saturated carbocycles. The van der Waals surface area contributed by atoms with Crippen LogP contribution in [0.1, 0.15) is 65.3 Å². The highest BCUT2D eigenvalue weighted by Crippen LogP contribution is 2.30. The van der Waals surface area contributed by atoms with Crippen molar-refractivity contribution in [3.05, 3.63) is 68.3 Å². The largest absolute Gasteiger partial charge is 0.376 e. The van der Waals surface area contributed by atoms with Crippen molar-refractivity contribution in [2.75, 3.05) is 10.6 Å². The van der Waals surface area contributed by atoms with Gasteiger partial charge in [-0.2, -0.15) is 0 Å². The van der Waals surface area contributed by atoms with Gasteiger partial charge in [0.1, 0.15) is 11.2 Å². The number of carbonyl (C=O) groups is 2. The number of aryl methyl sites for hydroxylation is 1. The average molecular weight is 547 g/mol. The summed E-state index contributed by atoms with van der Waals surface area (Å²) in [7, 11) is 0. The number of anilines is 2. The van der Waals surface area contributed by atoms with E-state index in [0.29, 0.717) is 33.1 Å². The predicted octanol–water partition coefficient (Wildman–Crippen LogP) is 6.64. The second-order valence-corrected chi connectivity index (χ2v) is 11.1. The van der Waals surface area contributed by atoms with Gasteiger partial charge in [-0.15, -0.1) is 11.3 Å². The van der Waals surface area contributed by atoms with Crippen molar-refractivity contribution in [1.29, 1.82) is 0 Å².